The van der Waals surface area contributed by atoms with Gasteiger partial charge in [-0.25, -0.2) is 4.79 Å². The van der Waals surface area contributed by atoms with Crippen molar-refractivity contribution in [2.75, 3.05) is 14.2 Å². The number of fused-ring (bicyclic) bond motifs is 13. The minimum absolute atomic E-state index is 0.0611. The normalized spacial score (nSPS) is 26.3. The van der Waals surface area contributed by atoms with Crippen LogP contribution in [0.5, 0.6) is 0 Å². The van der Waals surface area contributed by atoms with Crippen LogP contribution >= 0.6 is 0 Å². The van der Waals surface area contributed by atoms with Crippen LogP contribution in [0.4, 0.5) is 0 Å². The van der Waals surface area contributed by atoms with Crippen molar-refractivity contribution < 1.29 is 23.8 Å². The zero-order valence-corrected chi connectivity index (χ0v) is 20.0. The van der Waals surface area contributed by atoms with Gasteiger partial charge in [0.05, 0.1) is 34.7 Å². The molecule has 2 aromatic heterocycles. The van der Waals surface area contributed by atoms with Gasteiger partial charge in [0.25, 0.3) is 5.91 Å². The minimum Gasteiger partial charge on any atom is -0.467 e. The van der Waals surface area contributed by atoms with E-state index in [9.17, 15) is 9.59 Å². The van der Waals surface area contributed by atoms with Crippen LogP contribution in [0.25, 0.3) is 43.6 Å². The lowest BCUT2D eigenvalue weighted by molar-refractivity contribution is -0.210. The lowest BCUT2D eigenvalue weighted by Gasteiger charge is -2.40. The van der Waals surface area contributed by atoms with Crippen LogP contribution < -0.4 is 5.32 Å². The van der Waals surface area contributed by atoms with Crippen LogP contribution in [-0.2, 0) is 31.3 Å². The lowest BCUT2D eigenvalue weighted by atomic mass is 9.88. The van der Waals surface area contributed by atoms with Crippen LogP contribution in [0.2, 0.25) is 0 Å². The van der Waals surface area contributed by atoms with Crippen LogP contribution in [0.3, 0.4) is 0 Å². The number of aromatic nitrogens is 2. The summed E-state index contributed by atoms with van der Waals surface area (Å²) in [4.78, 5) is 26.8. The van der Waals surface area contributed by atoms with E-state index in [0.717, 1.165) is 54.7 Å². The number of carbonyl (C=O) groups is 2. The van der Waals surface area contributed by atoms with Gasteiger partial charge in [0.2, 0.25) is 5.60 Å². The first-order valence-corrected chi connectivity index (χ1v) is 12.1. The summed E-state index contributed by atoms with van der Waals surface area (Å²) < 4.78 is 22.6. The molecule has 1 amide bonds. The number of methoxy groups -OCH3 is 2. The van der Waals surface area contributed by atoms with Crippen LogP contribution in [0, 0.1) is 0 Å². The SMILES string of the molecule is COC(=O)[C@]1(OC)CC2OC1(C)n1c3ccccc3c3c4c(c5c6ccccc6n2c5c31)C(=O)NC4. The van der Waals surface area contributed by atoms with E-state index in [2.05, 4.69) is 26.6 Å². The number of ether oxygens (including phenoxy) is 3. The standard InChI is InChI=1S/C28H23N3O5/c1-27-28(35-3,26(33)34-2)12-19(36-27)30-17-10-6-4-8-14(17)21-22-16(13-29-25(22)32)20-15-9-5-7-11-18(15)31(27)24(20)23(21)30/h4-11,19H,12-13H2,1-3H3,(H,29,32)/t19?,27?,28-/m1/s1. The molecule has 0 aliphatic carbocycles. The highest BCUT2D eigenvalue weighted by molar-refractivity contribution is 6.31. The van der Waals surface area contributed by atoms with Crippen molar-refractivity contribution in [2.45, 2.75) is 37.4 Å². The van der Waals surface area contributed by atoms with E-state index >= 15 is 0 Å². The third-order valence-corrected chi connectivity index (χ3v) is 8.67. The molecule has 1 saturated heterocycles. The molecule has 1 fully saturated rings. The Kier molecular flexibility index (Phi) is 3.54. The second-order valence-corrected chi connectivity index (χ2v) is 10.0. The first-order chi connectivity index (χ1) is 17.5. The molecule has 3 atom stereocenters. The summed E-state index contributed by atoms with van der Waals surface area (Å²) in [5.41, 5.74) is 2.85. The zero-order valence-electron chi connectivity index (χ0n) is 20.0. The molecule has 8 heteroatoms. The Hall–Kier alpha value is -3.88. The zero-order chi connectivity index (χ0) is 24.6. The van der Waals surface area contributed by atoms with E-state index in [1.54, 1.807) is 7.11 Å². The minimum atomic E-state index is -1.39. The van der Waals surface area contributed by atoms with Crippen molar-refractivity contribution >= 4 is 55.5 Å². The average molecular weight is 482 g/mol. The first-order valence-electron chi connectivity index (χ1n) is 12.1. The number of nitrogens with one attached hydrogen (secondary N) is 1. The van der Waals surface area contributed by atoms with Gasteiger partial charge in [0, 0.05) is 41.6 Å². The van der Waals surface area contributed by atoms with Gasteiger partial charge in [0.15, 0.2) is 5.72 Å². The molecule has 5 heterocycles. The highest BCUT2D eigenvalue weighted by atomic mass is 16.6. The summed E-state index contributed by atoms with van der Waals surface area (Å²) in [6.07, 6.45) is -0.252. The summed E-state index contributed by atoms with van der Waals surface area (Å²) in [6.45, 7) is 2.36. The lowest BCUT2D eigenvalue weighted by Crippen LogP contribution is -2.57. The summed E-state index contributed by atoms with van der Waals surface area (Å²) in [7, 11) is 2.92. The van der Waals surface area contributed by atoms with Crippen molar-refractivity contribution in [3.05, 3.63) is 59.7 Å². The molecular weight excluding hydrogens is 458 g/mol. The molecule has 2 bridgehead atoms. The third kappa shape index (κ3) is 1.93. The first kappa shape index (κ1) is 20.3. The van der Waals surface area contributed by atoms with E-state index in [-0.39, 0.29) is 12.3 Å². The number of benzene rings is 3. The van der Waals surface area contributed by atoms with Gasteiger partial charge in [-0.15, -0.1) is 0 Å². The molecule has 8 rings (SSSR count). The number of nitrogens with zero attached hydrogens (tertiary/aromatic N) is 2. The van der Waals surface area contributed by atoms with Gasteiger partial charge in [0.1, 0.15) is 6.23 Å². The molecule has 0 spiro atoms. The summed E-state index contributed by atoms with van der Waals surface area (Å²) in [5.74, 6) is -0.538. The summed E-state index contributed by atoms with van der Waals surface area (Å²) >= 11 is 0. The monoisotopic (exact) mass is 481 g/mol. The van der Waals surface area contributed by atoms with Gasteiger partial charge in [-0.3, -0.25) is 4.79 Å². The summed E-state index contributed by atoms with van der Waals surface area (Å²) in [5, 5.41) is 6.98. The molecule has 8 nitrogen and oxygen atoms in total. The maximum atomic E-state index is 13.5. The number of rotatable bonds is 2. The number of carbonyl (C=O) groups excluding carboxylic acids is 2. The molecular formula is C28H23N3O5. The van der Waals surface area contributed by atoms with Crippen LogP contribution in [0.15, 0.2) is 48.5 Å². The quantitative estimate of drug-likeness (QED) is 0.380. The molecule has 3 aliphatic rings. The second-order valence-electron chi connectivity index (χ2n) is 10.0. The third-order valence-electron chi connectivity index (χ3n) is 8.67. The predicted molar refractivity (Wildman–Crippen MR) is 134 cm³/mol. The van der Waals surface area contributed by atoms with E-state index < -0.39 is 23.5 Å². The van der Waals surface area contributed by atoms with Gasteiger partial charge in [-0.1, -0.05) is 36.4 Å². The Morgan fingerprint density at radius 2 is 1.72 bits per heavy atom. The van der Waals surface area contributed by atoms with Crippen molar-refractivity contribution in [1.29, 1.82) is 0 Å². The molecule has 5 aromatic rings. The van der Waals surface area contributed by atoms with E-state index in [4.69, 9.17) is 14.2 Å². The maximum absolute atomic E-state index is 13.5. The molecule has 0 saturated carbocycles. The van der Waals surface area contributed by atoms with Crippen molar-refractivity contribution in [3.63, 3.8) is 0 Å². The number of para-hydroxylation sites is 2. The largest absolute Gasteiger partial charge is 0.467 e. The Morgan fingerprint density at radius 1 is 1.03 bits per heavy atom. The Balaban J connectivity index is 1.72. The number of hydrogen-bond donors (Lipinski definition) is 1. The van der Waals surface area contributed by atoms with E-state index in [0.29, 0.717) is 6.54 Å². The van der Waals surface area contributed by atoms with Crippen molar-refractivity contribution in [2.24, 2.45) is 0 Å². The highest BCUT2D eigenvalue weighted by Gasteiger charge is 2.67. The van der Waals surface area contributed by atoms with Crippen molar-refractivity contribution in [1.82, 2.24) is 14.5 Å². The summed E-state index contributed by atoms with van der Waals surface area (Å²) in [6, 6.07) is 16.2. The molecule has 2 unspecified atom stereocenters. The van der Waals surface area contributed by atoms with Gasteiger partial charge in [-0.2, -0.15) is 0 Å². The molecule has 1 N–H and O–H groups in total. The number of esters is 1. The van der Waals surface area contributed by atoms with Crippen LogP contribution in [0.1, 0.15) is 35.5 Å². The molecule has 3 aromatic carbocycles. The Bertz CT molecular complexity index is 1850. The Labute approximate surface area is 205 Å². The van der Waals surface area contributed by atoms with Gasteiger partial charge < -0.3 is 28.7 Å². The molecule has 3 aliphatic heterocycles. The fourth-order valence-corrected chi connectivity index (χ4v) is 7.23. The number of hydrogen-bond acceptors (Lipinski definition) is 5. The second kappa shape index (κ2) is 6.27. The van der Waals surface area contributed by atoms with E-state index in [1.165, 1.54) is 7.11 Å². The smallest absolute Gasteiger partial charge is 0.343 e. The van der Waals surface area contributed by atoms with Gasteiger partial charge >= 0.3 is 5.97 Å². The molecule has 180 valence electrons. The number of amides is 1. The van der Waals surface area contributed by atoms with Crippen LogP contribution in [-0.4, -0.2) is 40.8 Å². The maximum Gasteiger partial charge on any atom is 0.343 e. The molecule has 36 heavy (non-hydrogen) atoms. The van der Waals surface area contributed by atoms with E-state index in [1.807, 2.05) is 43.3 Å². The topological polar surface area (TPSA) is 83.7 Å². The Morgan fingerprint density at radius 3 is 2.44 bits per heavy atom. The highest BCUT2D eigenvalue weighted by Crippen LogP contribution is 2.58. The van der Waals surface area contributed by atoms with Crippen molar-refractivity contribution in [3.8, 4) is 0 Å². The average Bonchev–Trinajstić information content (AvgIpc) is 3.60. The van der Waals surface area contributed by atoms with Gasteiger partial charge in [-0.05, 0) is 24.6 Å². The fourth-order valence-electron chi connectivity index (χ4n) is 7.23. The molecule has 0 radical (unpaired) electrons. The predicted octanol–water partition coefficient (Wildman–Crippen LogP) is 4.31. The fraction of sp³-hybridized carbons (Fsp3) is 0.286.